The SMILES string of the molecule is Cc1cc(N[C@@H]2CCN(C)C2)nnc1-c1ccc(F)cc1. The van der Waals surface area contributed by atoms with Crippen LogP contribution in [-0.2, 0) is 0 Å². The van der Waals surface area contributed by atoms with E-state index in [0.29, 0.717) is 6.04 Å². The molecule has 1 aromatic heterocycles. The zero-order chi connectivity index (χ0) is 14.8. The third kappa shape index (κ3) is 3.19. The Hall–Kier alpha value is -2.01. The molecule has 0 unspecified atom stereocenters. The molecule has 4 nitrogen and oxygen atoms in total. The van der Waals surface area contributed by atoms with Gasteiger partial charge in [-0.25, -0.2) is 4.39 Å². The zero-order valence-corrected chi connectivity index (χ0v) is 12.3. The smallest absolute Gasteiger partial charge is 0.149 e. The maximum absolute atomic E-state index is 13.0. The molecule has 1 saturated heterocycles. The summed E-state index contributed by atoms with van der Waals surface area (Å²) < 4.78 is 13.0. The molecule has 2 heterocycles. The topological polar surface area (TPSA) is 41.0 Å². The van der Waals surface area contributed by atoms with Gasteiger partial charge < -0.3 is 10.2 Å². The molecule has 0 saturated carbocycles. The number of rotatable bonds is 3. The van der Waals surface area contributed by atoms with Crippen LogP contribution in [0.15, 0.2) is 30.3 Å². The van der Waals surface area contributed by atoms with Crippen LogP contribution in [0.4, 0.5) is 10.2 Å². The first-order chi connectivity index (χ1) is 10.1. The standard InChI is InChI=1S/C16H19FN4/c1-11-9-15(18-14-7-8-21(2)10-14)19-20-16(11)12-3-5-13(17)6-4-12/h3-6,9,14H,7-8,10H2,1-2H3,(H,18,19)/t14-/m1/s1. The molecule has 1 aromatic carbocycles. The minimum atomic E-state index is -0.243. The second kappa shape index (κ2) is 5.77. The Balaban J connectivity index is 1.78. The molecule has 0 radical (unpaired) electrons. The van der Waals surface area contributed by atoms with Gasteiger partial charge in [0.15, 0.2) is 0 Å². The van der Waals surface area contributed by atoms with Gasteiger partial charge in [-0.3, -0.25) is 0 Å². The van der Waals surface area contributed by atoms with Crippen LogP contribution in [0.25, 0.3) is 11.3 Å². The molecule has 110 valence electrons. The Labute approximate surface area is 124 Å². The number of nitrogens with one attached hydrogen (secondary N) is 1. The van der Waals surface area contributed by atoms with Crippen LogP contribution in [0.1, 0.15) is 12.0 Å². The summed E-state index contributed by atoms with van der Waals surface area (Å²) in [5.74, 6) is 0.562. The van der Waals surface area contributed by atoms with Gasteiger partial charge in [0.25, 0.3) is 0 Å². The lowest BCUT2D eigenvalue weighted by molar-refractivity contribution is 0.414. The van der Waals surface area contributed by atoms with Gasteiger partial charge in [-0.05, 0) is 62.8 Å². The van der Waals surface area contributed by atoms with Crippen LogP contribution in [0, 0.1) is 12.7 Å². The van der Waals surface area contributed by atoms with Crippen LogP contribution in [-0.4, -0.2) is 41.3 Å². The Kier molecular flexibility index (Phi) is 3.84. The van der Waals surface area contributed by atoms with Crippen LogP contribution in [0.2, 0.25) is 0 Å². The number of hydrogen-bond donors (Lipinski definition) is 1. The normalized spacial score (nSPS) is 18.9. The van der Waals surface area contributed by atoms with Crippen LogP contribution < -0.4 is 5.32 Å². The molecule has 0 spiro atoms. The van der Waals surface area contributed by atoms with E-state index < -0.39 is 0 Å². The third-order valence-electron chi connectivity index (χ3n) is 3.85. The Morgan fingerprint density at radius 2 is 2.00 bits per heavy atom. The predicted molar refractivity (Wildman–Crippen MR) is 81.7 cm³/mol. The highest BCUT2D eigenvalue weighted by atomic mass is 19.1. The number of nitrogens with zero attached hydrogens (tertiary/aromatic N) is 3. The Morgan fingerprint density at radius 3 is 2.62 bits per heavy atom. The summed E-state index contributed by atoms with van der Waals surface area (Å²) in [4.78, 5) is 2.30. The summed E-state index contributed by atoms with van der Waals surface area (Å²) in [6, 6.07) is 8.77. The molecule has 5 heteroatoms. The molecule has 0 aliphatic carbocycles. The molecule has 1 aliphatic heterocycles. The fourth-order valence-corrected chi connectivity index (χ4v) is 2.71. The lowest BCUT2D eigenvalue weighted by Gasteiger charge is -2.14. The van der Waals surface area contributed by atoms with E-state index in [0.717, 1.165) is 42.1 Å². The average Bonchev–Trinajstić information content (AvgIpc) is 2.86. The maximum Gasteiger partial charge on any atom is 0.149 e. The molecule has 0 bridgehead atoms. The summed E-state index contributed by atoms with van der Waals surface area (Å²) in [6.07, 6.45) is 1.12. The number of anilines is 1. The van der Waals surface area contributed by atoms with Gasteiger partial charge in [0.2, 0.25) is 0 Å². The lowest BCUT2D eigenvalue weighted by Crippen LogP contribution is -2.24. The summed E-state index contributed by atoms with van der Waals surface area (Å²) in [5.41, 5.74) is 2.71. The number of hydrogen-bond acceptors (Lipinski definition) is 4. The number of halogens is 1. The highest BCUT2D eigenvalue weighted by molar-refractivity contribution is 5.63. The maximum atomic E-state index is 13.0. The highest BCUT2D eigenvalue weighted by Gasteiger charge is 2.19. The third-order valence-corrected chi connectivity index (χ3v) is 3.85. The fraction of sp³-hybridized carbons (Fsp3) is 0.375. The van der Waals surface area contributed by atoms with Crippen molar-refractivity contribution in [2.24, 2.45) is 0 Å². The summed E-state index contributed by atoms with van der Waals surface area (Å²) in [7, 11) is 2.12. The van der Waals surface area contributed by atoms with E-state index in [1.54, 1.807) is 12.1 Å². The first-order valence-electron chi connectivity index (χ1n) is 7.17. The largest absolute Gasteiger partial charge is 0.365 e. The predicted octanol–water partition coefficient (Wildman–Crippen LogP) is 2.71. The van der Waals surface area contributed by atoms with Crippen LogP contribution in [0.5, 0.6) is 0 Å². The van der Waals surface area contributed by atoms with E-state index in [1.807, 2.05) is 13.0 Å². The summed E-state index contributed by atoms with van der Waals surface area (Å²) >= 11 is 0. The van der Waals surface area contributed by atoms with Gasteiger partial charge in [-0.2, -0.15) is 0 Å². The van der Waals surface area contributed by atoms with Crippen molar-refractivity contribution in [3.8, 4) is 11.3 Å². The minimum Gasteiger partial charge on any atom is -0.365 e. The van der Waals surface area contributed by atoms with Crippen molar-refractivity contribution in [3.63, 3.8) is 0 Å². The number of likely N-dealkylation sites (tertiary alicyclic amines) is 1. The van der Waals surface area contributed by atoms with Gasteiger partial charge in [-0.1, -0.05) is 0 Å². The monoisotopic (exact) mass is 286 g/mol. The van der Waals surface area contributed by atoms with E-state index in [4.69, 9.17) is 0 Å². The molecule has 1 aliphatic rings. The van der Waals surface area contributed by atoms with Crippen LogP contribution in [0.3, 0.4) is 0 Å². The Morgan fingerprint density at radius 1 is 1.24 bits per heavy atom. The molecular formula is C16H19FN4. The molecule has 2 aromatic rings. The first kappa shape index (κ1) is 13.9. The van der Waals surface area contributed by atoms with E-state index >= 15 is 0 Å². The van der Waals surface area contributed by atoms with E-state index in [1.165, 1.54) is 12.1 Å². The van der Waals surface area contributed by atoms with Crippen LogP contribution >= 0.6 is 0 Å². The van der Waals surface area contributed by atoms with Gasteiger partial charge in [0.1, 0.15) is 11.6 Å². The van der Waals surface area contributed by atoms with Gasteiger partial charge in [0.05, 0.1) is 5.69 Å². The van der Waals surface area contributed by atoms with Crippen molar-refractivity contribution in [1.29, 1.82) is 0 Å². The second-order valence-corrected chi connectivity index (χ2v) is 5.66. The summed E-state index contributed by atoms with van der Waals surface area (Å²) in [5, 5.41) is 12.0. The van der Waals surface area contributed by atoms with Crippen molar-refractivity contribution < 1.29 is 4.39 Å². The van der Waals surface area contributed by atoms with Gasteiger partial charge in [0, 0.05) is 18.2 Å². The minimum absolute atomic E-state index is 0.243. The van der Waals surface area contributed by atoms with Crippen molar-refractivity contribution in [2.45, 2.75) is 19.4 Å². The molecule has 0 amide bonds. The number of aromatic nitrogens is 2. The first-order valence-corrected chi connectivity index (χ1v) is 7.17. The van der Waals surface area contributed by atoms with E-state index in [2.05, 4.69) is 27.5 Å². The number of aryl methyl sites for hydroxylation is 1. The zero-order valence-electron chi connectivity index (χ0n) is 12.3. The van der Waals surface area contributed by atoms with Crippen molar-refractivity contribution >= 4 is 5.82 Å². The van der Waals surface area contributed by atoms with Crippen molar-refractivity contribution in [2.75, 3.05) is 25.5 Å². The fourth-order valence-electron chi connectivity index (χ4n) is 2.71. The average molecular weight is 286 g/mol. The Bertz CT molecular complexity index is 627. The highest BCUT2D eigenvalue weighted by Crippen LogP contribution is 2.23. The second-order valence-electron chi connectivity index (χ2n) is 5.66. The molecule has 3 rings (SSSR count). The summed E-state index contributed by atoms with van der Waals surface area (Å²) in [6.45, 7) is 4.14. The van der Waals surface area contributed by atoms with Crippen molar-refractivity contribution in [1.82, 2.24) is 15.1 Å². The number of benzene rings is 1. The lowest BCUT2D eigenvalue weighted by atomic mass is 10.1. The molecule has 1 fully saturated rings. The molecular weight excluding hydrogens is 267 g/mol. The van der Waals surface area contributed by atoms with Gasteiger partial charge in [-0.15, -0.1) is 10.2 Å². The number of likely N-dealkylation sites (N-methyl/N-ethyl adjacent to an activating group) is 1. The molecule has 1 atom stereocenters. The molecule has 1 N–H and O–H groups in total. The molecule has 21 heavy (non-hydrogen) atoms. The van der Waals surface area contributed by atoms with Gasteiger partial charge >= 0.3 is 0 Å². The van der Waals surface area contributed by atoms with E-state index in [9.17, 15) is 4.39 Å². The van der Waals surface area contributed by atoms with Crippen molar-refractivity contribution in [3.05, 3.63) is 41.7 Å². The quantitative estimate of drug-likeness (QED) is 0.942. The van der Waals surface area contributed by atoms with E-state index in [-0.39, 0.29) is 5.82 Å².